The van der Waals surface area contributed by atoms with Gasteiger partial charge in [0.15, 0.2) is 11.6 Å². The van der Waals surface area contributed by atoms with Gasteiger partial charge in [-0.25, -0.2) is 14.0 Å². The SMILES string of the molecule is COc1c(N2CCNC(C)C2)c(F)cc2c(=O)c(C(=O)OCOC(=O)OC(Cc3cccnc3)(OP(O)O)PO)cn(C3CC3)c12. The lowest BCUT2D eigenvalue weighted by molar-refractivity contribution is -0.113. The van der Waals surface area contributed by atoms with Crippen molar-refractivity contribution in [2.75, 3.05) is 38.4 Å². The zero-order chi connectivity index (χ0) is 33.0. The molecule has 3 heterocycles. The van der Waals surface area contributed by atoms with Crippen LogP contribution >= 0.6 is 17.4 Å². The van der Waals surface area contributed by atoms with Crippen molar-refractivity contribution < 1.29 is 52.1 Å². The molecule has 5 rings (SSSR count). The first-order chi connectivity index (χ1) is 22.1. The van der Waals surface area contributed by atoms with Gasteiger partial charge in [-0.05, 0) is 37.5 Å². The molecule has 3 atom stereocenters. The number of carbonyl (C=O) groups excluding carboxylic acids is 2. The molecule has 4 N–H and O–H groups in total. The fourth-order valence-corrected chi connectivity index (χ4v) is 6.48. The van der Waals surface area contributed by atoms with Crippen LogP contribution in [0.15, 0.2) is 41.6 Å². The third-order valence-corrected chi connectivity index (χ3v) is 8.77. The van der Waals surface area contributed by atoms with Crippen molar-refractivity contribution in [1.82, 2.24) is 14.9 Å². The van der Waals surface area contributed by atoms with Gasteiger partial charge < -0.3 is 48.4 Å². The summed E-state index contributed by atoms with van der Waals surface area (Å²) in [5.74, 6) is -1.63. The maximum Gasteiger partial charge on any atom is 0.514 e. The van der Waals surface area contributed by atoms with Gasteiger partial charge in [-0.1, -0.05) is 6.07 Å². The van der Waals surface area contributed by atoms with Gasteiger partial charge in [0, 0.05) is 56.7 Å². The molecule has 0 spiro atoms. The number of fused-ring (bicyclic) bond motifs is 1. The van der Waals surface area contributed by atoms with E-state index in [2.05, 4.69) is 10.3 Å². The minimum Gasteiger partial charge on any atom is -0.492 e. The van der Waals surface area contributed by atoms with E-state index in [1.165, 1.54) is 25.7 Å². The fourth-order valence-electron chi connectivity index (χ4n) is 5.30. The Kier molecular flexibility index (Phi) is 10.7. The summed E-state index contributed by atoms with van der Waals surface area (Å²) in [7, 11) is -2.96. The number of rotatable bonds is 12. The van der Waals surface area contributed by atoms with E-state index in [-0.39, 0.29) is 35.3 Å². The predicted octanol–water partition coefficient (Wildman–Crippen LogP) is 2.66. The van der Waals surface area contributed by atoms with Crippen LogP contribution in [0.5, 0.6) is 5.75 Å². The molecule has 0 bridgehead atoms. The summed E-state index contributed by atoms with van der Waals surface area (Å²) in [5.41, 5.74) is -2.44. The van der Waals surface area contributed by atoms with Crippen LogP contribution < -0.4 is 20.4 Å². The number of piperazine rings is 1. The van der Waals surface area contributed by atoms with E-state index in [9.17, 15) is 29.1 Å². The van der Waals surface area contributed by atoms with Gasteiger partial charge in [0.1, 0.15) is 11.3 Å². The van der Waals surface area contributed by atoms with Crippen molar-refractivity contribution in [1.29, 1.82) is 0 Å². The molecule has 1 aliphatic heterocycles. The van der Waals surface area contributed by atoms with E-state index in [1.54, 1.807) is 16.7 Å². The molecule has 1 saturated heterocycles. The Labute approximate surface area is 265 Å². The Morgan fingerprint density at radius 1 is 1.28 bits per heavy atom. The average molecular weight is 683 g/mol. The molecule has 3 aromatic rings. The predicted molar refractivity (Wildman–Crippen MR) is 164 cm³/mol. The number of pyridine rings is 2. The molecule has 248 valence electrons. The number of hydrogen-bond donors (Lipinski definition) is 4. The van der Waals surface area contributed by atoms with Crippen molar-refractivity contribution in [2.45, 2.75) is 43.8 Å². The number of benzene rings is 1. The fraction of sp³-hybridized carbons (Fsp3) is 0.429. The largest absolute Gasteiger partial charge is 0.514 e. The van der Waals surface area contributed by atoms with Crippen LogP contribution in [0, 0.1) is 5.82 Å². The molecule has 18 heteroatoms. The maximum absolute atomic E-state index is 15.7. The molecule has 0 amide bonds. The molecule has 0 radical (unpaired) electrons. The number of nitrogens with one attached hydrogen (secondary N) is 1. The highest BCUT2D eigenvalue weighted by molar-refractivity contribution is 7.41. The van der Waals surface area contributed by atoms with Crippen molar-refractivity contribution in [3.63, 3.8) is 0 Å². The van der Waals surface area contributed by atoms with Crippen molar-refractivity contribution in [2.24, 2.45) is 0 Å². The minimum absolute atomic E-state index is 0.0641. The third kappa shape index (κ3) is 7.55. The second-order valence-corrected chi connectivity index (χ2v) is 12.4. The Bertz CT molecular complexity index is 1640. The first-order valence-corrected chi connectivity index (χ1v) is 16.3. The highest BCUT2D eigenvalue weighted by atomic mass is 31.2. The van der Waals surface area contributed by atoms with Crippen LogP contribution in [0.25, 0.3) is 10.9 Å². The molecule has 2 fully saturated rings. The lowest BCUT2D eigenvalue weighted by Gasteiger charge is -2.35. The molecule has 3 unspecified atom stereocenters. The lowest BCUT2D eigenvalue weighted by atomic mass is 10.1. The molecule has 15 nitrogen and oxygen atoms in total. The van der Waals surface area contributed by atoms with Crippen LogP contribution in [0.3, 0.4) is 0 Å². The van der Waals surface area contributed by atoms with E-state index >= 15 is 4.39 Å². The number of aromatic nitrogens is 2. The smallest absolute Gasteiger partial charge is 0.492 e. The number of ether oxygens (including phenoxy) is 4. The second kappa shape index (κ2) is 14.5. The molecule has 1 saturated carbocycles. The van der Waals surface area contributed by atoms with Gasteiger partial charge in [-0.2, -0.15) is 0 Å². The van der Waals surface area contributed by atoms with Gasteiger partial charge in [0.25, 0.3) is 5.53 Å². The summed E-state index contributed by atoms with van der Waals surface area (Å²) >= 11 is 0. The monoisotopic (exact) mass is 682 g/mol. The first kappa shape index (κ1) is 33.9. The molecular formula is C28H33FN4O11P2. The van der Waals surface area contributed by atoms with E-state index in [0.29, 0.717) is 30.7 Å². The zero-order valence-corrected chi connectivity index (χ0v) is 26.7. The molecule has 46 heavy (non-hydrogen) atoms. The number of carbonyl (C=O) groups is 2. The first-order valence-electron chi connectivity index (χ1n) is 14.2. The zero-order valence-electron chi connectivity index (χ0n) is 24.8. The minimum atomic E-state index is -3.08. The normalized spacial score (nSPS) is 18.2. The lowest BCUT2D eigenvalue weighted by Crippen LogP contribution is -2.49. The van der Waals surface area contributed by atoms with Gasteiger partial charge in [-0.15, -0.1) is 0 Å². The van der Waals surface area contributed by atoms with Crippen LogP contribution in [-0.4, -0.2) is 81.5 Å². The summed E-state index contributed by atoms with van der Waals surface area (Å²) in [5, 5.41) is 3.23. The van der Waals surface area contributed by atoms with Crippen LogP contribution in [0.4, 0.5) is 14.9 Å². The van der Waals surface area contributed by atoms with Gasteiger partial charge in [-0.3, -0.25) is 14.3 Å². The Hall–Kier alpha value is -3.49. The maximum atomic E-state index is 15.7. The van der Waals surface area contributed by atoms with E-state index < -0.39 is 58.7 Å². The summed E-state index contributed by atoms with van der Waals surface area (Å²) in [6.07, 6.45) is 3.92. The van der Waals surface area contributed by atoms with Crippen LogP contribution in [0.2, 0.25) is 0 Å². The van der Waals surface area contributed by atoms with Crippen LogP contribution in [0.1, 0.15) is 41.7 Å². The summed E-state index contributed by atoms with van der Waals surface area (Å²) in [6, 6.07) is 4.28. The average Bonchev–Trinajstić information content (AvgIpc) is 3.86. The highest BCUT2D eigenvalue weighted by Gasteiger charge is 2.40. The van der Waals surface area contributed by atoms with Crippen LogP contribution in [-0.2, 0) is 25.2 Å². The van der Waals surface area contributed by atoms with E-state index in [4.69, 9.17) is 23.5 Å². The number of methoxy groups -OCH3 is 1. The van der Waals surface area contributed by atoms with Gasteiger partial charge in [0.05, 0.1) is 26.8 Å². The van der Waals surface area contributed by atoms with Crippen molar-refractivity contribution >= 4 is 46.1 Å². The third-order valence-electron chi connectivity index (χ3n) is 7.42. The Morgan fingerprint density at radius 2 is 2.07 bits per heavy atom. The number of esters is 1. The molecule has 1 aromatic carbocycles. The summed E-state index contributed by atoms with van der Waals surface area (Å²) in [4.78, 5) is 73.6. The summed E-state index contributed by atoms with van der Waals surface area (Å²) in [6.45, 7) is 2.66. The number of anilines is 1. The molecule has 2 aliphatic rings. The molecule has 2 aromatic heterocycles. The Balaban J connectivity index is 1.35. The highest BCUT2D eigenvalue weighted by Crippen LogP contribution is 2.45. The van der Waals surface area contributed by atoms with Crippen molar-refractivity contribution in [3.05, 3.63) is 64.0 Å². The number of nitrogens with zero attached hydrogens (tertiary/aromatic N) is 3. The summed E-state index contributed by atoms with van der Waals surface area (Å²) < 4.78 is 42.9. The Morgan fingerprint density at radius 3 is 2.70 bits per heavy atom. The van der Waals surface area contributed by atoms with E-state index in [1.807, 2.05) is 11.8 Å². The standard InChI is InChI=1S/C28H33FN4O11P2/c1-16-13-32(9-8-31-16)23-21(29)10-19-22(25(23)40-2)33(18-5-6-18)14-20(24(19)34)26(35)41-15-42-27(36)43-28(45-37,44-46(38)39)11-17-4-3-7-30-12-17/h3-4,7,10,12,14,16,18,31,37-39,45H,5-6,8-9,11,13,15H2,1-2H3. The molecule has 1 aliphatic carbocycles. The molecular weight excluding hydrogens is 649 g/mol. The quantitative estimate of drug-likeness (QED) is 0.124. The number of hydrogen-bond acceptors (Lipinski definition) is 14. The van der Waals surface area contributed by atoms with Gasteiger partial charge in [0.2, 0.25) is 12.2 Å². The van der Waals surface area contributed by atoms with E-state index in [0.717, 1.165) is 18.9 Å². The number of halogens is 1. The van der Waals surface area contributed by atoms with Gasteiger partial charge >= 0.3 is 20.7 Å². The topological polar surface area (TPSA) is 191 Å². The van der Waals surface area contributed by atoms with Crippen molar-refractivity contribution in [3.8, 4) is 5.75 Å². The second-order valence-electron chi connectivity index (χ2n) is 10.7.